The quantitative estimate of drug-likeness (QED) is 0.735. The number of alkyl halides is 3. The number of nitrogens with one attached hydrogen (secondary N) is 1. The number of nitrogens with zero attached hydrogens (tertiary/aromatic N) is 4. The third-order valence-corrected chi connectivity index (χ3v) is 7.64. The first kappa shape index (κ1) is 24.3. The summed E-state index contributed by atoms with van der Waals surface area (Å²) in [4.78, 5) is 23.1. The van der Waals surface area contributed by atoms with Crippen LogP contribution in [0.1, 0.15) is 51.6 Å². The van der Waals surface area contributed by atoms with Gasteiger partial charge < -0.3 is 10.2 Å². The number of hydrogen-bond acceptors (Lipinski definition) is 4. The SMILES string of the molecule is CC(C)N1CCN(C2CCCC(F)(F)[C@@H]2NC(=O)N2CCC(F)(c3ccccn3)CC2)CC1. The Morgan fingerprint density at radius 1 is 1.06 bits per heavy atom. The molecule has 33 heavy (non-hydrogen) atoms. The summed E-state index contributed by atoms with van der Waals surface area (Å²) in [6, 6.07) is 3.44. The lowest BCUT2D eigenvalue weighted by atomic mass is 9.85. The van der Waals surface area contributed by atoms with Crippen LogP contribution in [0.25, 0.3) is 0 Å². The Bertz CT molecular complexity index is 793. The number of carbonyl (C=O) groups is 1. The maximum atomic E-state index is 15.4. The molecule has 2 atom stereocenters. The molecule has 3 heterocycles. The van der Waals surface area contributed by atoms with Crippen molar-refractivity contribution in [1.82, 2.24) is 25.0 Å². The molecule has 0 spiro atoms. The smallest absolute Gasteiger partial charge is 0.317 e. The second kappa shape index (κ2) is 9.78. The third-order valence-electron chi connectivity index (χ3n) is 7.64. The molecule has 9 heteroatoms. The summed E-state index contributed by atoms with van der Waals surface area (Å²) in [5, 5.41) is 2.67. The van der Waals surface area contributed by atoms with Gasteiger partial charge in [0, 0.05) is 76.8 Å². The molecule has 1 N–H and O–H groups in total. The van der Waals surface area contributed by atoms with Crippen LogP contribution < -0.4 is 5.32 Å². The number of piperazine rings is 1. The molecule has 3 aliphatic rings. The molecule has 1 saturated carbocycles. The number of halogens is 3. The van der Waals surface area contributed by atoms with Crippen LogP contribution in [0.3, 0.4) is 0 Å². The molecule has 2 saturated heterocycles. The molecule has 3 fully saturated rings. The van der Waals surface area contributed by atoms with Gasteiger partial charge in [-0.25, -0.2) is 18.0 Å². The molecule has 2 aliphatic heterocycles. The Balaban J connectivity index is 1.39. The maximum Gasteiger partial charge on any atom is 0.317 e. The zero-order chi connectivity index (χ0) is 23.6. The molecule has 0 bridgehead atoms. The highest BCUT2D eigenvalue weighted by Crippen LogP contribution is 2.38. The standard InChI is InChI=1S/C24H36F3N5O/c1-18(2)30-14-16-31(17-15-30)19-6-5-8-24(26,27)21(19)29-22(33)32-12-9-23(25,10-13-32)20-7-3-4-11-28-20/h3-4,7,11,18-19,21H,5-6,8-10,12-17H2,1-2H3,(H,29,33)/t19?,21-/m1/s1. The predicted molar refractivity (Wildman–Crippen MR) is 121 cm³/mol. The number of amides is 2. The summed E-state index contributed by atoms with van der Waals surface area (Å²) in [5.74, 6) is -2.96. The predicted octanol–water partition coefficient (Wildman–Crippen LogP) is 3.63. The number of likely N-dealkylation sites (tertiary alicyclic amines) is 1. The summed E-state index contributed by atoms with van der Waals surface area (Å²) >= 11 is 0. The van der Waals surface area contributed by atoms with Crippen molar-refractivity contribution in [3.8, 4) is 0 Å². The minimum Gasteiger partial charge on any atom is -0.328 e. The number of hydrogen-bond donors (Lipinski definition) is 1. The van der Waals surface area contributed by atoms with E-state index in [0.717, 1.165) is 26.2 Å². The lowest BCUT2D eigenvalue weighted by Gasteiger charge is -2.47. The molecule has 1 aromatic heterocycles. The highest BCUT2D eigenvalue weighted by atomic mass is 19.3. The number of pyridine rings is 1. The molecule has 1 aromatic rings. The zero-order valence-corrected chi connectivity index (χ0v) is 19.7. The Morgan fingerprint density at radius 2 is 1.76 bits per heavy atom. The van der Waals surface area contributed by atoms with Crippen molar-refractivity contribution in [3.05, 3.63) is 30.1 Å². The molecule has 184 valence electrons. The lowest BCUT2D eigenvalue weighted by Crippen LogP contribution is -2.66. The van der Waals surface area contributed by atoms with Gasteiger partial charge in [-0.15, -0.1) is 0 Å². The Kier molecular flexibility index (Phi) is 7.19. The molecule has 2 amide bonds. The number of urea groups is 1. The number of aromatic nitrogens is 1. The van der Waals surface area contributed by atoms with Gasteiger partial charge in [-0.1, -0.05) is 6.07 Å². The summed E-state index contributed by atoms with van der Waals surface area (Å²) in [6.45, 7) is 7.78. The van der Waals surface area contributed by atoms with Crippen LogP contribution in [0, 0.1) is 0 Å². The fraction of sp³-hybridized carbons (Fsp3) is 0.750. The second-order valence-corrected chi connectivity index (χ2v) is 9.98. The van der Waals surface area contributed by atoms with E-state index in [1.807, 2.05) is 0 Å². The Hall–Kier alpha value is -1.87. The summed E-state index contributed by atoms with van der Waals surface area (Å²) in [5.41, 5.74) is -1.23. The van der Waals surface area contributed by atoms with E-state index in [-0.39, 0.29) is 38.4 Å². The number of piperidine rings is 1. The molecular weight excluding hydrogens is 431 g/mol. The third kappa shape index (κ3) is 5.29. The van der Waals surface area contributed by atoms with Gasteiger partial charge in [-0.2, -0.15) is 0 Å². The van der Waals surface area contributed by atoms with E-state index in [4.69, 9.17) is 0 Å². The fourth-order valence-electron chi connectivity index (χ4n) is 5.50. The van der Waals surface area contributed by atoms with Crippen molar-refractivity contribution < 1.29 is 18.0 Å². The van der Waals surface area contributed by atoms with Crippen molar-refractivity contribution >= 4 is 6.03 Å². The van der Waals surface area contributed by atoms with Gasteiger partial charge in [0.1, 0.15) is 6.04 Å². The molecule has 6 nitrogen and oxygen atoms in total. The van der Waals surface area contributed by atoms with Gasteiger partial charge in [0.25, 0.3) is 5.92 Å². The van der Waals surface area contributed by atoms with Crippen molar-refractivity contribution in [1.29, 1.82) is 0 Å². The number of rotatable bonds is 4. The van der Waals surface area contributed by atoms with Gasteiger partial charge in [-0.3, -0.25) is 14.8 Å². The largest absolute Gasteiger partial charge is 0.328 e. The average Bonchev–Trinajstić information content (AvgIpc) is 2.81. The molecule has 1 unspecified atom stereocenters. The van der Waals surface area contributed by atoms with E-state index in [1.165, 1.54) is 4.90 Å². The summed E-state index contributed by atoms with van der Waals surface area (Å²) in [6.07, 6.45) is 2.66. The molecular formula is C24H36F3N5O. The minimum absolute atomic E-state index is 0.110. The van der Waals surface area contributed by atoms with E-state index in [2.05, 4.69) is 33.9 Å². The van der Waals surface area contributed by atoms with Gasteiger partial charge in [-0.05, 0) is 38.8 Å². The number of carbonyl (C=O) groups excluding carboxylic acids is 1. The minimum atomic E-state index is -2.96. The van der Waals surface area contributed by atoms with Crippen molar-refractivity contribution in [2.45, 2.75) is 75.7 Å². The molecule has 0 radical (unpaired) electrons. The van der Waals surface area contributed by atoms with Crippen LogP contribution >= 0.6 is 0 Å². The van der Waals surface area contributed by atoms with Crippen LogP contribution in [0.5, 0.6) is 0 Å². The lowest BCUT2D eigenvalue weighted by molar-refractivity contribution is -0.0975. The van der Waals surface area contributed by atoms with Crippen LogP contribution in [0.2, 0.25) is 0 Å². The second-order valence-electron chi connectivity index (χ2n) is 9.98. The van der Waals surface area contributed by atoms with Crippen molar-refractivity contribution in [3.63, 3.8) is 0 Å². The van der Waals surface area contributed by atoms with Crippen LogP contribution in [0.15, 0.2) is 24.4 Å². The van der Waals surface area contributed by atoms with Crippen molar-refractivity contribution in [2.24, 2.45) is 0 Å². The maximum absolute atomic E-state index is 15.4. The fourth-order valence-corrected chi connectivity index (χ4v) is 5.50. The first-order valence-electron chi connectivity index (χ1n) is 12.2. The monoisotopic (exact) mass is 467 g/mol. The van der Waals surface area contributed by atoms with Crippen LogP contribution in [0.4, 0.5) is 18.0 Å². The summed E-state index contributed by atoms with van der Waals surface area (Å²) in [7, 11) is 0. The first-order valence-corrected chi connectivity index (χ1v) is 12.2. The van der Waals surface area contributed by atoms with E-state index in [9.17, 15) is 4.79 Å². The van der Waals surface area contributed by atoms with Gasteiger partial charge in [0.15, 0.2) is 5.67 Å². The average molecular weight is 468 g/mol. The van der Waals surface area contributed by atoms with E-state index in [1.54, 1.807) is 24.4 Å². The Labute approximate surface area is 194 Å². The normalized spacial score (nSPS) is 28.6. The van der Waals surface area contributed by atoms with Crippen LogP contribution in [-0.4, -0.2) is 89.0 Å². The van der Waals surface area contributed by atoms with E-state index >= 15 is 13.2 Å². The molecule has 1 aliphatic carbocycles. The van der Waals surface area contributed by atoms with Crippen molar-refractivity contribution in [2.75, 3.05) is 39.3 Å². The Morgan fingerprint density at radius 3 is 2.36 bits per heavy atom. The van der Waals surface area contributed by atoms with E-state index < -0.39 is 23.7 Å². The summed E-state index contributed by atoms with van der Waals surface area (Å²) < 4.78 is 45.4. The zero-order valence-electron chi connectivity index (χ0n) is 19.7. The highest BCUT2D eigenvalue weighted by Gasteiger charge is 2.50. The van der Waals surface area contributed by atoms with E-state index in [0.29, 0.717) is 24.6 Å². The topological polar surface area (TPSA) is 51.7 Å². The van der Waals surface area contributed by atoms with Gasteiger partial charge >= 0.3 is 6.03 Å². The van der Waals surface area contributed by atoms with Crippen LogP contribution in [-0.2, 0) is 5.67 Å². The highest BCUT2D eigenvalue weighted by molar-refractivity contribution is 5.75. The van der Waals surface area contributed by atoms with Gasteiger partial charge in [0.2, 0.25) is 0 Å². The first-order chi connectivity index (χ1) is 15.7. The molecule has 0 aromatic carbocycles. The molecule has 4 rings (SSSR count). The van der Waals surface area contributed by atoms with Gasteiger partial charge in [0.05, 0.1) is 5.69 Å².